The van der Waals surface area contributed by atoms with Gasteiger partial charge in [-0.05, 0) is 42.5 Å². The third kappa shape index (κ3) is 4.89. The lowest BCUT2D eigenvalue weighted by molar-refractivity contribution is -0.137. The number of alkyl halides is 5. The second-order valence-electron chi connectivity index (χ2n) is 7.78. The van der Waals surface area contributed by atoms with Gasteiger partial charge in [-0.2, -0.15) is 22.7 Å². The summed E-state index contributed by atoms with van der Waals surface area (Å²) in [5, 5.41) is 27.3. The summed E-state index contributed by atoms with van der Waals surface area (Å²) >= 11 is 0. The highest BCUT2D eigenvalue weighted by molar-refractivity contribution is 7.92. The van der Waals surface area contributed by atoms with E-state index in [-0.39, 0.29) is 5.56 Å². The van der Waals surface area contributed by atoms with Crippen molar-refractivity contribution in [3.63, 3.8) is 0 Å². The van der Waals surface area contributed by atoms with Crippen LogP contribution in [0.15, 0.2) is 52.3 Å². The number of aliphatic hydroxyl groups excluding tert-OH is 1. The molecule has 2 atom stereocenters. The second-order valence-corrected chi connectivity index (χ2v) is 11.8. The van der Waals surface area contributed by atoms with Crippen LogP contribution in [0.2, 0.25) is 0 Å². The summed E-state index contributed by atoms with van der Waals surface area (Å²) < 4.78 is 118. The Hall–Kier alpha value is -2.64. The van der Waals surface area contributed by atoms with Crippen LogP contribution in [0.25, 0.3) is 0 Å². The molecule has 0 aliphatic carbocycles. The number of hydrogen-bond acceptors (Lipinski definition) is 7. The van der Waals surface area contributed by atoms with Crippen molar-refractivity contribution in [1.29, 1.82) is 5.26 Å². The summed E-state index contributed by atoms with van der Waals surface area (Å²) in [6.45, 7) is -3.23. The van der Waals surface area contributed by atoms with Crippen LogP contribution in [0, 0.1) is 11.3 Å². The third-order valence-electron chi connectivity index (χ3n) is 5.57. The molecule has 2 N–H and O–H groups in total. The number of sulfone groups is 1. The molecule has 0 bridgehead atoms. The summed E-state index contributed by atoms with van der Waals surface area (Å²) in [7, 11) is -9.57. The van der Waals surface area contributed by atoms with Crippen LogP contribution < -0.4 is 0 Å². The van der Waals surface area contributed by atoms with Gasteiger partial charge in [0.2, 0.25) is 10.0 Å². The highest BCUT2D eigenvalue weighted by Crippen LogP contribution is 2.37. The van der Waals surface area contributed by atoms with Gasteiger partial charge < -0.3 is 10.2 Å². The molecule has 8 nitrogen and oxygen atoms in total. The molecule has 1 aliphatic heterocycles. The van der Waals surface area contributed by atoms with Crippen LogP contribution in [0.5, 0.6) is 0 Å². The number of β-amino-alcohol motifs (C(OH)–C–C–N with tert-alkyl or cyclic N) is 1. The van der Waals surface area contributed by atoms with Gasteiger partial charge in [-0.25, -0.2) is 25.6 Å². The van der Waals surface area contributed by atoms with Crippen molar-refractivity contribution in [2.24, 2.45) is 0 Å². The molecular weight excluding hydrogens is 523 g/mol. The molecule has 1 saturated heterocycles. The van der Waals surface area contributed by atoms with Crippen molar-refractivity contribution in [3.8, 4) is 6.07 Å². The molecule has 0 amide bonds. The topological polar surface area (TPSA) is 136 Å². The van der Waals surface area contributed by atoms with E-state index in [0.717, 1.165) is 12.1 Å². The molecule has 190 valence electrons. The maximum Gasteiger partial charge on any atom is 0.416 e. The molecule has 0 aromatic heterocycles. The minimum atomic E-state index is -4.86. The van der Waals surface area contributed by atoms with Gasteiger partial charge in [0.1, 0.15) is 10.9 Å². The first-order chi connectivity index (χ1) is 16.1. The van der Waals surface area contributed by atoms with Gasteiger partial charge in [-0.1, -0.05) is 0 Å². The average Bonchev–Trinajstić information content (AvgIpc) is 3.18. The third-order valence-corrected chi connectivity index (χ3v) is 9.72. The first-order valence-electron chi connectivity index (χ1n) is 9.64. The monoisotopic (exact) mass is 540 g/mol. The van der Waals surface area contributed by atoms with Gasteiger partial charge in [0.25, 0.3) is 6.43 Å². The first kappa shape index (κ1) is 27.0. The fraction of sp³-hybridized carbons (Fsp3) is 0.350. The Morgan fingerprint density at radius 2 is 1.71 bits per heavy atom. The molecule has 0 spiro atoms. The Labute approximate surface area is 196 Å². The SMILES string of the molecule is N#Cc1ccc(S(=O)(=O)N2C[C@H](S(=O)(=O)c3ccc(C(F)(F)F)cc3)[C@](O)(CO)C2)c(C(F)F)c1. The summed E-state index contributed by atoms with van der Waals surface area (Å²) in [5.74, 6) is 0. The van der Waals surface area contributed by atoms with Gasteiger partial charge in [-0.3, -0.25) is 0 Å². The molecule has 35 heavy (non-hydrogen) atoms. The Bertz CT molecular complexity index is 1370. The van der Waals surface area contributed by atoms with Gasteiger partial charge in [-0.15, -0.1) is 0 Å². The average molecular weight is 540 g/mol. The fourth-order valence-electron chi connectivity index (χ4n) is 3.71. The number of nitriles is 1. The lowest BCUT2D eigenvalue weighted by Gasteiger charge is -2.26. The second kappa shape index (κ2) is 9.10. The summed E-state index contributed by atoms with van der Waals surface area (Å²) in [6, 6.07) is 6.17. The lowest BCUT2D eigenvalue weighted by atomic mass is 10.1. The van der Waals surface area contributed by atoms with Crippen LogP contribution in [0.4, 0.5) is 22.0 Å². The number of benzene rings is 2. The Balaban J connectivity index is 2.04. The Morgan fingerprint density at radius 1 is 1.11 bits per heavy atom. The summed E-state index contributed by atoms with van der Waals surface area (Å²) in [6.07, 6.45) is -8.07. The maximum absolute atomic E-state index is 13.5. The van der Waals surface area contributed by atoms with Crippen molar-refractivity contribution in [2.45, 2.75) is 33.2 Å². The number of hydrogen-bond donors (Lipinski definition) is 2. The largest absolute Gasteiger partial charge is 0.416 e. The highest BCUT2D eigenvalue weighted by atomic mass is 32.2. The maximum atomic E-state index is 13.5. The molecule has 15 heteroatoms. The van der Waals surface area contributed by atoms with E-state index in [1.807, 2.05) is 0 Å². The van der Waals surface area contributed by atoms with Crippen molar-refractivity contribution >= 4 is 19.9 Å². The molecule has 2 aromatic rings. The van der Waals surface area contributed by atoms with E-state index in [1.54, 1.807) is 6.07 Å². The van der Waals surface area contributed by atoms with Gasteiger partial charge in [0, 0.05) is 18.7 Å². The zero-order valence-corrected chi connectivity index (χ0v) is 19.1. The molecule has 2 aromatic carbocycles. The van der Waals surface area contributed by atoms with E-state index in [1.165, 1.54) is 0 Å². The van der Waals surface area contributed by atoms with Crippen LogP contribution in [0.3, 0.4) is 0 Å². The standard InChI is InChI=1S/C20H17F5N2O6S2/c21-18(22)15-7-12(8-26)1-6-16(15)35(32,33)27-9-17(19(29,10-27)11-28)34(30,31)14-4-2-13(3-5-14)20(23,24)25/h1-7,17-18,28-29H,9-11H2/t17-,19+/m0/s1. The molecule has 1 heterocycles. The number of nitrogens with zero attached hydrogens (tertiary/aromatic N) is 2. The normalized spacial score (nSPS) is 21.9. The van der Waals surface area contributed by atoms with E-state index < -0.39 is 83.9 Å². The van der Waals surface area contributed by atoms with E-state index in [0.29, 0.717) is 34.6 Å². The van der Waals surface area contributed by atoms with E-state index in [2.05, 4.69) is 0 Å². The summed E-state index contributed by atoms with van der Waals surface area (Å²) in [4.78, 5) is -1.60. The Morgan fingerprint density at radius 3 is 2.20 bits per heavy atom. The highest BCUT2D eigenvalue weighted by Gasteiger charge is 2.55. The quantitative estimate of drug-likeness (QED) is 0.536. The molecular formula is C20H17F5N2O6S2. The molecule has 1 aliphatic rings. The van der Waals surface area contributed by atoms with Crippen LogP contribution in [0.1, 0.15) is 23.1 Å². The van der Waals surface area contributed by atoms with Gasteiger partial charge in [0.15, 0.2) is 9.84 Å². The minimum absolute atomic E-state index is 0.254. The number of halogens is 5. The van der Waals surface area contributed by atoms with Gasteiger partial charge in [0.05, 0.1) is 33.6 Å². The van der Waals surface area contributed by atoms with Crippen LogP contribution in [-0.2, 0) is 26.0 Å². The van der Waals surface area contributed by atoms with Crippen LogP contribution in [-0.4, -0.2) is 61.9 Å². The van der Waals surface area contributed by atoms with Crippen molar-refractivity contribution < 1.29 is 49.0 Å². The van der Waals surface area contributed by atoms with Crippen molar-refractivity contribution in [3.05, 3.63) is 59.2 Å². The van der Waals surface area contributed by atoms with E-state index >= 15 is 0 Å². The molecule has 1 fully saturated rings. The number of sulfonamides is 1. The minimum Gasteiger partial charge on any atom is -0.393 e. The Kier molecular flexibility index (Phi) is 7.01. The van der Waals surface area contributed by atoms with Crippen molar-refractivity contribution in [1.82, 2.24) is 4.31 Å². The molecule has 3 rings (SSSR count). The fourth-order valence-corrected chi connectivity index (χ4v) is 7.45. The van der Waals surface area contributed by atoms with Gasteiger partial charge >= 0.3 is 6.18 Å². The van der Waals surface area contributed by atoms with E-state index in [9.17, 15) is 49.0 Å². The molecule has 0 saturated carbocycles. The molecule has 0 radical (unpaired) electrons. The predicted molar refractivity (Wildman–Crippen MR) is 109 cm³/mol. The van der Waals surface area contributed by atoms with Crippen LogP contribution >= 0.6 is 0 Å². The number of rotatable bonds is 6. The molecule has 0 unspecified atom stereocenters. The zero-order chi connectivity index (χ0) is 26.4. The smallest absolute Gasteiger partial charge is 0.393 e. The number of aliphatic hydroxyl groups is 2. The zero-order valence-electron chi connectivity index (χ0n) is 17.4. The van der Waals surface area contributed by atoms with E-state index in [4.69, 9.17) is 5.26 Å². The lowest BCUT2D eigenvalue weighted by Crippen LogP contribution is -2.49. The predicted octanol–water partition coefficient (Wildman–Crippen LogP) is 2.08. The summed E-state index contributed by atoms with van der Waals surface area (Å²) in [5.41, 5.74) is -5.02. The first-order valence-corrected chi connectivity index (χ1v) is 12.6. The van der Waals surface area contributed by atoms with Crippen molar-refractivity contribution in [2.75, 3.05) is 19.7 Å².